The molecular weight excluding hydrogens is 396 g/mol. The molecule has 2 aromatic rings. The van der Waals surface area contributed by atoms with Crippen LogP contribution < -0.4 is 5.32 Å². The minimum atomic E-state index is -0.418. The van der Waals surface area contributed by atoms with Crippen molar-refractivity contribution in [3.63, 3.8) is 0 Å². The molecule has 2 aromatic heterocycles. The molecule has 1 N–H and O–H groups in total. The third-order valence-corrected chi connectivity index (χ3v) is 7.10. The van der Waals surface area contributed by atoms with Gasteiger partial charge in [-0.05, 0) is 75.6 Å². The second kappa shape index (κ2) is 8.47. The predicted octanol–water partition coefficient (Wildman–Crippen LogP) is 4.07. The Balaban J connectivity index is 1.70. The summed E-state index contributed by atoms with van der Waals surface area (Å²) in [5, 5.41) is 23.1. The fraction of sp³-hybridized carbons (Fsp3) is 0.435. The highest BCUT2D eigenvalue weighted by atomic mass is 32.1. The lowest BCUT2D eigenvalue weighted by molar-refractivity contribution is -0.120. The lowest BCUT2D eigenvalue weighted by Crippen LogP contribution is -2.34. The number of ether oxygens (including phenoxy) is 1. The number of nitrogens with zero attached hydrogens (tertiary/aromatic N) is 3. The predicted molar refractivity (Wildman–Crippen MR) is 115 cm³/mol. The Hall–Kier alpha value is -2.87. The summed E-state index contributed by atoms with van der Waals surface area (Å²) in [6.07, 6.45) is 7.26. The van der Waals surface area contributed by atoms with Gasteiger partial charge in [0.15, 0.2) is 0 Å². The quantitative estimate of drug-likeness (QED) is 0.596. The average molecular weight is 421 g/mol. The van der Waals surface area contributed by atoms with Crippen molar-refractivity contribution in [1.29, 1.82) is 10.5 Å². The summed E-state index contributed by atoms with van der Waals surface area (Å²) in [7, 11) is 0. The van der Waals surface area contributed by atoms with Crippen LogP contribution in [0.2, 0.25) is 0 Å². The zero-order valence-electron chi connectivity index (χ0n) is 17.2. The SMILES string of the molecule is Cc1cc(/C=C(\C#N)C(=O)N[C@@H]2CCCO2)c(C)n1-c1sc2c(c1C#N)CCCC2. The molecule has 0 unspecified atom stereocenters. The molecule has 0 spiro atoms. The lowest BCUT2D eigenvalue weighted by Gasteiger charge is -2.11. The molecule has 1 amide bonds. The number of nitrogens with one attached hydrogen (secondary N) is 1. The van der Waals surface area contributed by atoms with Crippen LogP contribution in [0.5, 0.6) is 0 Å². The maximum absolute atomic E-state index is 12.5. The Labute approximate surface area is 180 Å². The molecule has 154 valence electrons. The van der Waals surface area contributed by atoms with Crippen LogP contribution in [0.15, 0.2) is 11.6 Å². The minimum Gasteiger partial charge on any atom is -0.359 e. The number of rotatable bonds is 4. The van der Waals surface area contributed by atoms with Gasteiger partial charge in [0.25, 0.3) is 5.91 Å². The first-order chi connectivity index (χ1) is 14.5. The molecule has 1 fully saturated rings. The van der Waals surface area contributed by atoms with E-state index in [1.54, 1.807) is 17.4 Å². The fourth-order valence-electron chi connectivity index (χ4n) is 4.29. The van der Waals surface area contributed by atoms with Crippen molar-refractivity contribution in [2.75, 3.05) is 6.61 Å². The Bertz CT molecular complexity index is 1100. The molecule has 1 aliphatic carbocycles. The third-order valence-electron chi connectivity index (χ3n) is 5.82. The van der Waals surface area contributed by atoms with Crippen molar-refractivity contribution >= 4 is 23.3 Å². The molecular formula is C23H24N4O2S. The summed E-state index contributed by atoms with van der Waals surface area (Å²) < 4.78 is 7.52. The highest BCUT2D eigenvalue weighted by Gasteiger charge is 2.24. The molecule has 4 rings (SSSR count). The van der Waals surface area contributed by atoms with E-state index in [2.05, 4.69) is 16.0 Å². The number of carbonyl (C=O) groups excluding carboxylic acids is 1. The van der Waals surface area contributed by atoms with Gasteiger partial charge < -0.3 is 14.6 Å². The van der Waals surface area contributed by atoms with Crippen molar-refractivity contribution in [3.05, 3.63) is 44.6 Å². The van der Waals surface area contributed by atoms with Crippen molar-refractivity contribution in [1.82, 2.24) is 9.88 Å². The van der Waals surface area contributed by atoms with E-state index in [4.69, 9.17) is 4.74 Å². The molecule has 30 heavy (non-hydrogen) atoms. The van der Waals surface area contributed by atoms with Crippen LogP contribution in [0, 0.1) is 36.5 Å². The second-order valence-electron chi connectivity index (χ2n) is 7.81. The van der Waals surface area contributed by atoms with E-state index in [0.717, 1.165) is 59.6 Å². The number of amides is 1. The van der Waals surface area contributed by atoms with Gasteiger partial charge in [0.1, 0.15) is 28.9 Å². The van der Waals surface area contributed by atoms with E-state index < -0.39 is 5.91 Å². The van der Waals surface area contributed by atoms with Crippen molar-refractivity contribution in [3.8, 4) is 17.1 Å². The van der Waals surface area contributed by atoms with Crippen LogP contribution in [0.4, 0.5) is 0 Å². The molecule has 0 saturated carbocycles. The van der Waals surface area contributed by atoms with Crippen molar-refractivity contribution in [2.45, 2.75) is 58.6 Å². The topological polar surface area (TPSA) is 90.8 Å². The van der Waals surface area contributed by atoms with Gasteiger partial charge in [-0.15, -0.1) is 11.3 Å². The number of aromatic nitrogens is 1. The Morgan fingerprint density at radius 1 is 1.30 bits per heavy atom. The Morgan fingerprint density at radius 2 is 2.10 bits per heavy atom. The van der Waals surface area contributed by atoms with Gasteiger partial charge in [-0.2, -0.15) is 10.5 Å². The smallest absolute Gasteiger partial charge is 0.263 e. The van der Waals surface area contributed by atoms with Gasteiger partial charge in [-0.3, -0.25) is 4.79 Å². The maximum Gasteiger partial charge on any atom is 0.263 e. The van der Waals surface area contributed by atoms with Gasteiger partial charge in [0.05, 0.1) is 5.56 Å². The fourth-order valence-corrected chi connectivity index (χ4v) is 5.74. The Morgan fingerprint density at radius 3 is 2.80 bits per heavy atom. The first-order valence-electron chi connectivity index (χ1n) is 10.3. The number of nitriles is 2. The van der Waals surface area contributed by atoms with E-state index in [-0.39, 0.29) is 11.8 Å². The highest BCUT2D eigenvalue weighted by Crippen LogP contribution is 2.38. The molecule has 7 heteroatoms. The number of carbonyl (C=O) groups is 1. The molecule has 0 bridgehead atoms. The average Bonchev–Trinajstić information content (AvgIpc) is 3.43. The minimum absolute atomic E-state index is 0.0525. The molecule has 0 aromatic carbocycles. The Kier molecular flexibility index (Phi) is 5.76. The first kappa shape index (κ1) is 20.4. The largest absolute Gasteiger partial charge is 0.359 e. The molecule has 1 atom stereocenters. The number of aryl methyl sites for hydroxylation is 2. The van der Waals surface area contributed by atoms with Gasteiger partial charge in [0, 0.05) is 22.9 Å². The third kappa shape index (κ3) is 3.67. The van der Waals surface area contributed by atoms with Crippen LogP contribution in [-0.2, 0) is 22.4 Å². The van der Waals surface area contributed by atoms with Crippen LogP contribution >= 0.6 is 11.3 Å². The highest BCUT2D eigenvalue weighted by molar-refractivity contribution is 7.15. The summed E-state index contributed by atoms with van der Waals surface area (Å²) >= 11 is 1.69. The monoisotopic (exact) mass is 420 g/mol. The lowest BCUT2D eigenvalue weighted by atomic mass is 9.96. The van der Waals surface area contributed by atoms with Gasteiger partial charge >= 0.3 is 0 Å². The summed E-state index contributed by atoms with van der Waals surface area (Å²) in [6, 6.07) is 6.40. The normalized spacial score (nSPS) is 18.5. The number of hydrogen-bond acceptors (Lipinski definition) is 5. The van der Waals surface area contributed by atoms with E-state index in [1.165, 1.54) is 16.9 Å². The van der Waals surface area contributed by atoms with Crippen molar-refractivity contribution < 1.29 is 9.53 Å². The first-order valence-corrected chi connectivity index (χ1v) is 11.1. The molecule has 1 aliphatic heterocycles. The van der Waals surface area contributed by atoms with Gasteiger partial charge in [-0.25, -0.2) is 0 Å². The summed E-state index contributed by atoms with van der Waals surface area (Å²) in [4.78, 5) is 13.8. The molecule has 3 heterocycles. The zero-order chi connectivity index (χ0) is 21.3. The molecule has 0 radical (unpaired) electrons. The van der Waals surface area contributed by atoms with Crippen molar-refractivity contribution in [2.24, 2.45) is 0 Å². The van der Waals surface area contributed by atoms with Crippen LogP contribution in [0.25, 0.3) is 11.1 Å². The molecule has 2 aliphatic rings. The van der Waals surface area contributed by atoms with Gasteiger partial charge in [0.2, 0.25) is 0 Å². The number of thiophene rings is 1. The number of fused-ring (bicyclic) bond motifs is 1. The van der Waals surface area contributed by atoms with E-state index >= 15 is 0 Å². The standard InChI is InChI=1S/C23H24N4O2S/c1-14-10-16(11-17(12-24)22(28)26-21-8-5-9-29-21)15(2)27(14)23-19(13-25)18-6-3-4-7-20(18)30-23/h10-11,21H,3-9H2,1-2H3,(H,26,28)/b17-11+/t21-/m0/s1. The van der Waals surface area contributed by atoms with Crippen LogP contribution in [0.3, 0.4) is 0 Å². The summed E-state index contributed by atoms with van der Waals surface area (Å²) in [5.74, 6) is -0.418. The second-order valence-corrected chi connectivity index (χ2v) is 8.89. The van der Waals surface area contributed by atoms with Crippen LogP contribution in [-0.4, -0.2) is 23.3 Å². The number of hydrogen-bond donors (Lipinski definition) is 1. The van der Waals surface area contributed by atoms with E-state index in [9.17, 15) is 15.3 Å². The van der Waals surface area contributed by atoms with Gasteiger partial charge in [-0.1, -0.05) is 0 Å². The van der Waals surface area contributed by atoms with E-state index in [1.807, 2.05) is 26.0 Å². The summed E-state index contributed by atoms with van der Waals surface area (Å²) in [6.45, 7) is 4.58. The molecule has 1 saturated heterocycles. The zero-order valence-corrected chi connectivity index (χ0v) is 18.1. The van der Waals surface area contributed by atoms with E-state index in [0.29, 0.717) is 6.61 Å². The maximum atomic E-state index is 12.5. The van der Waals surface area contributed by atoms with Crippen LogP contribution in [0.1, 0.15) is 58.6 Å². The summed E-state index contributed by atoms with van der Waals surface area (Å²) in [5.41, 5.74) is 4.72. The molecule has 6 nitrogen and oxygen atoms in total.